The number of aromatic nitrogens is 2. The van der Waals surface area contributed by atoms with E-state index >= 15 is 0 Å². The number of benzene rings is 1. The SMILES string of the molecule is CCCCCc1cnc(-c2ccc(OCCCC3CCC(CC)CC3)cc2)nc1. The van der Waals surface area contributed by atoms with Crippen LogP contribution in [0.15, 0.2) is 36.7 Å². The van der Waals surface area contributed by atoms with Crippen LogP contribution in [0.1, 0.15) is 83.6 Å². The molecule has 0 amide bonds. The van der Waals surface area contributed by atoms with Gasteiger partial charge in [0, 0.05) is 18.0 Å². The number of rotatable bonds is 11. The van der Waals surface area contributed by atoms with E-state index in [0.29, 0.717) is 0 Å². The second-order valence-electron chi connectivity index (χ2n) is 8.68. The molecule has 0 atom stereocenters. The maximum absolute atomic E-state index is 5.96. The maximum Gasteiger partial charge on any atom is 0.159 e. The van der Waals surface area contributed by atoms with E-state index in [9.17, 15) is 0 Å². The van der Waals surface area contributed by atoms with Gasteiger partial charge in [-0.25, -0.2) is 9.97 Å². The van der Waals surface area contributed by atoms with Crippen LogP contribution >= 0.6 is 0 Å². The summed E-state index contributed by atoms with van der Waals surface area (Å²) >= 11 is 0. The molecule has 0 saturated heterocycles. The van der Waals surface area contributed by atoms with Gasteiger partial charge in [-0.3, -0.25) is 0 Å². The van der Waals surface area contributed by atoms with E-state index in [0.717, 1.165) is 48.4 Å². The Kier molecular flexibility index (Phi) is 8.98. The molecule has 0 unspecified atom stereocenters. The Morgan fingerprint density at radius 3 is 2.21 bits per heavy atom. The third-order valence-electron chi connectivity index (χ3n) is 6.46. The van der Waals surface area contributed by atoms with Gasteiger partial charge in [-0.15, -0.1) is 0 Å². The minimum absolute atomic E-state index is 0.790. The van der Waals surface area contributed by atoms with Crippen molar-refractivity contribution in [1.29, 1.82) is 0 Å². The van der Waals surface area contributed by atoms with Gasteiger partial charge in [-0.1, -0.05) is 58.8 Å². The first-order chi connectivity index (χ1) is 14.3. The molecule has 1 saturated carbocycles. The maximum atomic E-state index is 5.96. The predicted molar refractivity (Wildman–Crippen MR) is 121 cm³/mol. The predicted octanol–water partition coefficient (Wildman–Crippen LogP) is 7.25. The highest BCUT2D eigenvalue weighted by Gasteiger charge is 2.19. The molecule has 3 nitrogen and oxygen atoms in total. The molecular weight excluding hydrogens is 356 g/mol. The average molecular weight is 395 g/mol. The Morgan fingerprint density at radius 2 is 1.55 bits per heavy atom. The number of hydrogen-bond donors (Lipinski definition) is 0. The lowest BCUT2D eigenvalue weighted by molar-refractivity contribution is 0.234. The van der Waals surface area contributed by atoms with Crippen molar-refractivity contribution in [2.24, 2.45) is 11.8 Å². The van der Waals surface area contributed by atoms with Crippen LogP contribution in [0.3, 0.4) is 0 Å². The van der Waals surface area contributed by atoms with E-state index in [-0.39, 0.29) is 0 Å². The minimum atomic E-state index is 0.790. The average Bonchev–Trinajstić information content (AvgIpc) is 2.78. The molecule has 0 spiro atoms. The topological polar surface area (TPSA) is 35.0 Å². The molecular formula is C26H38N2O. The summed E-state index contributed by atoms with van der Waals surface area (Å²) in [6, 6.07) is 8.21. The van der Waals surface area contributed by atoms with Gasteiger partial charge in [0.25, 0.3) is 0 Å². The number of hydrogen-bond acceptors (Lipinski definition) is 3. The molecule has 1 aromatic carbocycles. The highest BCUT2D eigenvalue weighted by molar-refractivity contribution is 5.55. The summed E-state index contributed by atoms with van der Waals surface area (Å²) in [6.45, 7) is 5.38. The Bertz CT molecular complexity index is 688. The summed E-state index contributed by atoms with van der Waals surface area (Å²) in [4.78, 5) is 9.09. The summed E-state index contributed by atoms with van der Waals surface area (Å²) < 4.78 is 5.96. The smallest absolute Gasteiger partial charge is 0.159 e. The van der Waals surface area contributed by atoms with Gasteiger partial charge in [0.2, 0.25) is 0 Å². The van der Waals surface area contributed by atoms with Crippen LogP contribution in [0, 0.1) is 11.8 Å². The van der Waals surface area contributed by atoms with Gasteiger partial charge in [0.1, 0.15) is 5.75 Å². The number of nitrogens with zero attached hydrogens (tertiary/aromatic N) is 2. The molecule has 1 fully saturated rings. The van der Waals surface area contributed by atoms with Gasteiger partial charge in [-0.05, 0) is 67.3 Å². The van der Waals surface area contributed by atoms with Crippen LogP contribution in [0.25, 0.3) is 11.4 Å². The third kappa shape index (κ3) is 7.13. The van der Waals surface area contributed by atoms with E-state index in [1.54, 1.807) is 0 Å². The summed E-state index contributed by atoms with van der Waals surface area (Å²) in [5.41, 5.74) is 2.27. The van der Waals surface area contributed by atoms with Crippen molar-refractivity contribution in [2.45, 2.75) is 84.5 Å². The van der Waals surface area contributed by atoms with Crippen LogP contribution in [0.5, 0.6) is 5.75 Å². The lowest BCUT2D eigenvalue weighted by Crippen LogP contribution is -2.14. The van der Waals surface area contributed by atoms with E-state index in [4.69, 9.17) is 4.74 Å². The van der Waals surface area contributed by atoms with Gasteiger partial charge < -0.3 is 4.74 Å². The first kappa shape index (κ1) is 21.8. The monoisotopic (exact) mass is 394 g/mol. The fourth-order valence-corrected chi connectivity index (χ4v) is 4.40. The van der Waals surface area contributed by atoms with Crippen molar-refractivity contribution >= 4 is 0 Å². The zero-order chi connectivity index (χ0) is 20.3. The second kappa shape index (κ2) is 11.9. The van der Waals surface area contributed by atoms with Crippen molar-refractivity contribution < 1.29 is 4.74 Å². The van der Waals surface area contributed by atoms with Crippen molar-refractivity contribution in [3.05, 3.63) is 42.2 Å². The van der Waals surface area contributed by atoms with Crippen molar-refractivity contribution in [3.8, 4) is 17.1 Å². The minimum Gasteiger partial charge on any atom is -0.494 e. The molecule has 0 N–H and O–H groups in total. The van der Waals surface area contributed by atoms with Crippen molar-refractivity contribution in [1.82, 2.24) is 9.97 Å². The van der Waals surface area contributed by atoms with Crippen molar-refractivity contribution in [2.75, 3.05) is 6.61 Å². The Morgan fingerprint density at radius 1 is 0.862 bits per heavy atom. The molecule has 2 aromatic rings. The Labute approximate surface area is 177 Å². The lowest BCUT2D eigenvalue weighted by Gasteiger charge is -2.27. The molecule has 1 aliphatic carbocycles. The van der Waals surface area contributed by atoms with E-state index in [1.807, 2.05) is 24.5 Å². The molecule has 0 bridgehead atoms. The zero-order valence-corrected chi connectivity index (χ0v) is 18.4. The lowest BCUT2D eigenvalue weighted by atomic mass is 9.79. The molecule has 3 heteroatoms. The Hall–Kier alpha value is -1.90. The third-order valence-corrected chi connectivity index (χ3v) is 6.46. The van der Waals surface area contributed by atoms with Crippen LogP contribution in [-0.2, 0) is 6.42 Å². The largest absolute Gasteiger partial charge is 0.494 e. The zero-order valence-electron chi connectivity index (χ0n) is 18.4. The number of ether oxygens (including phenoxy) is 1. The van der Waals surface area contributed by atoms with Crippen LogP contribution in [0.4, 0.5) is 0 Å². The molecule has 1 heterocycles. The first-order valence-corrected chi connectivity index (χ1v) is 11.8. The molecule has 0 radical (unpaired) electrons. The molecule has 158 valence electrons. The number of unbranched alkanes of at least 4 members (excludes halogenated alkanes) is 2. The van der Waals surface area contributed by atoms with Crippen molar-refractivity contribution in [3.63, 3.8) is 0 Å². The van der Waals surface area contributed by atoms with E-state index < -0.39 is 0 Å². The molecule has 29 heavy (non-hydrogen) atoms. The van der Waals surface area contributed by atoms with Gasteiger partial charge in [0.15, 0.2) is 5.82 Å². The van der Waals surface area contributed by atoms with Crippen LogP contribution < -0.4 is 4.74 Å². The fraction of sp³-hybridized carbons (Fsp3) is 0.615. The fourth-order valence-electron chi connectivity index (χ4n) is 4.40. The number of aryl methyl sites for hydroxylation is 1. The van der Waals surface area contributed by atoms with Crippen LogP contribution in [-0.4, -0.2) is 16.6 Å². The standard InChI is InChI=1S/C26H38N2O/c1-3-5-6-8-23-19-27-26(28-20-23)24-14-16-25(17-15-24)29-18-7-9-22-12-10-21(4-2)11-13-22/h14-17,19-22H,3-13,18H2,1-2H3. The highest BCUT2D eigenvalue weighted by atomic mass is 16.5. The highest BCUT2D eigenvalue weighted by Crippen LogP contribution is 2.33. The molecule has 0 aliphatic heterocycles. The normalized spacial score (nSPS) is 19.2. The summed E-state index contributed by atoms with van der Waals surface area (Å²) in [5, 5.41) is 0. The summed E-state index contributed by atoms with van der Waals surface area (Å²) in [5.74, 6) is 3.64. The Balaban J connectivity index is 1.38. The molecule has 1 aromatic heterocycles. The second-order valence-corrected chi connectivity index (χ2v) is 8.68. The quantitative estimate of drug-likeness (QED) is 0.376. The van der Waals surface area contributed by atoms with Gasteiger partial charge >= 0.3 is 0 Å². The van der Waals surface area contributed by atoms with Gasteiger partial charge in [-0.2, -0.15) is 0 Å². The molecule has 3 rings (SSSR count). The van der Waals surface area contributed by atoms with Gasteiger partial charge in [0.05, 0.1) is 6.61 Å². The molecule has 1 aliphatic rings. The van der Waals surface area contributed by atoms with E-state index in [1.165, 1.54) is 63.4 Å². The first-order valence-electron chi connectivity index (χ1n) is 11.8. The summed E-state index contributed by atoms with van der Waals surface area (Å²) in [6.07, 6.45) is 18.3. The van der Waals surface area contributed by atoms with Crippen LogP contribution in [0.2, 0.25) is 0 Å². The van der Waals surface area contributed by atoms with E-state index in [2.05, 4.69) is 35.9 Å². The summed E-state index contributed by atoms with van der Waals surface area (Å²) in [7, 11) is 0.